The number of halogens is 1. The Hall–Kier alpha value is -2.55. The van der Waals surface area contributed by atoms with Crippen molar-refractivity contribution in [2.45, 2.75) is 92.7 Å². The Labute approximate surface area is 365 Å². The number of hydrogen-bond donors (Lipinski definition) is 5. The van der Waals surface area contributed by atoms with E-state index in [0.717, 1.165) is 40.6 Å². The first-order chi connectivity index (χ1) is 29.0. The third kappa shape index (κ3) is 9.92. The molecule has 61 heavy (non-hydrogen) atoms. The van der Waals surface area contributed by atoms with Crippen molar-refractivity contribution in [1.82, 2.24) is 39.4 Å². The minimum Gasteiger partial charge on any atom is -0.450 e. The second kappa shape index (κ2) is 18.1. The van der Waals surface area contributed by atoms with Gasteiger partial charge in [0.25, 0.3) is 0 Å². The average Bonchev–Trinajstić information content (AvgIpc) is 3.91. The second-order valence-electron chi connectivity index (χ2n) is 15.9. The SMILES string of the molecule is CO[C@H]1[C@H]2OP(O)(=S)OC[C@H]3O[C@@H](n4cc5c6c(ncnc64)SCCC5)[C@H](F)[C@@H]3OP(=O)(S)OC[C@H]1O[C@H]2n1cnc2c(N)nc(NCCNC(=O)OCC[Si](C)(C)C)nc21. The third-order valence-electron chi connectivity index (χ3n) is 10.4. The van der Waals surface area contributed by atoms with Crippen molar-refractivity contribution in [3.8, 4) is 0 Å². The van der Waals surface area contributed by atoms with Crippen LogP contribution in [0.5, 0.6) is 0 Å². The van der Waals surface area contributed by atoms with Gasteiger partial charge in [-0.1, -0.05) is 31.9 Å². The van der Waals surface area contributed by atoms with Crippen molar-refractivity contribution in [2.75, 3.05) is 56.8 Å². The van der Waals surface area contributed by atoms with Crippen LogP contribution >= 0.6 is 37.5 Å². The maximum absolute atomic E-state index is 16.6. The standard InChI is InChI=1S/C33H47FN10O11P2S3Si/c1-48-24-19-14-51-56(46,58)54-23-18(52-30(21(23)34)43-12-17-6-5-10-60-29-20(17)27(43)38-15-39-29)13-50-57(47,59)55-25(24)31(53-19)44-16-40-22-26(35)41-32(42-28(22)44)36-7-8-37-33(45)49-9-11-61(2,3)4/h12,15-16,18-19,21,23-25,30-31H,5-11,13-14H2,1-4H3,(H,37,45)(H,46,58)(H,47,59)(H3,35,36,41,42)/t18-,19-,21-,23-,24-,25-,30-,31-,56?,57?/m1/s1. The van der Waals surface area contributed by atoms with Gasteiger partial charge in [0.15, 0.2) is 30.1 Å². The van der Waals surface area contributed by atoms with Gasteiger partial charge in [0.05, 0.1) is 31.5 Å². The molecule has 4 aromatic rings. The molecular formula is C33H47FN10O11P2S3Si. The topological polar surface area (TPSA) is 253 Å². The molecule has 0 spiro atoms. The van der Waals surface area contributed by atoms with Crippen LogP contribution < -0.4 is 16.4 Å². The molecule has 4 aromatic heterocycles. The smallest absolute Gasteiger partial charge is 0.407 e. The molecule has 334 valence electrons. The number of aryl methyl sites for hydroxylation is 1. The fourth-order valence-corrected chi connectivity index (χ4v) is 12.0. The van der Waals surface area contributed by atoms with Crippen molar-refractivity contribution in [3.63, 3.8) is 0 Å². The van der Waals surface area contributed by atoms with E-state index in [1.807, 2.05) is 0 Å². The Morgan fingerprint density at radius 1 is 1.10 bits per heavy atom. The average molecular weight is 965 g/mol. The number of alkyl carbamates (subject to hydrolysis) is 1. The summed E-state index contributed by atoms with van der Waals surface area (Å²) in [4.78, 5) is 45.9. The van der Waals surface area contributed by atoms with Crippen molar-refractivity contribution in [1.29, 1.82) is 0 Å². The molecule has 2 bridgehead atoms. The highest BCUT2D eigenvalue weighted by Gasteiger charge is 2.54. The lowest BCUT2D eigenvalue weighted by atomic mass is 10.1. The monoisotopic (exact) mass is 964 g/mol. The number of imidazole rings is 1. The number of thiol groups is 1. The molecule has 8 rings (SSSR count). The predicted molar refractivity (Wildman–Crippen MR) is 231 cm³/mol. The summed E-state index contributed by atoms with van der Waals surface area (Å²) in [6.45, 7) is -2.24. The summed E-state index contributed by atoms with van der Waals surface area (Å²) in [6, 6.07) is 0.849. The molecule has 4 aliphatic heterocycles. The molecule has 0 radical (unpaired) electrons. The first-order valence-corrected chi connectivity index (χ1v) is 29.4. The molecule has 28 heteroatoms. The van der Waals surface area contributed by atoms with E-state index >= 15 is 4.39 Å². The number of nitrogens with zero attached hydrogens (tertiary/aromatic N) is 7. The predicted octanol–water partition coefficient (Wildman–Crippen LogP) is 4.59. The van der Waals surface area contributed by atoms with Gasteiger partial charge >= 0.3 is 19.6 Å². The van der Waals surface area contributed by atoms with Gasteiger partial charge in [-0.15, -0.1) is 11.8 Å². The van der Waals surface area contributed by atoms with Gasteiger partial charge in [0, 0.05) is 34.5 Å². The lowest BCUT2D eigenvalue weighted by Gasteiger charge is -2.28. The molecule has 5 N–H and O–H groups in total. The number of carbonyl (C=O) groups excluding carboxylic acids is 1. The summed E-state index contributed by atoms with van der Waals surface area (Å²) in [6.07, 6.45) is -4.83. The maximum atomic E-state index is 16.6. The van der Waals surface area contributed by atoms with E-state index in [-0.39, 0.29) is 36.0 Å². The molecule has 8 heterocycles. The lowest BCUT2D eigenvalue weighted by Crippen LogP contribution is -2.37. The van der Waals surface area contributed by atoms with Crippen LogP contribution in [0.25, 0.3) is 22.2 Å². The minimum atomic E-state index is -4.37. The molecule has 0 aliphatic carbocycles. The van der Waals surface area contributed by atoms with Gasteiger partial charge in [-0.25, -0.2) is 28.7 Å². The van der Waals surface area contributed by atoms with Crippen LogP contribution in [-0.2, 0) is 59.8 Å². The van der Waals surface area contributed by atoms with Gasteiger partial charge in [-0.3, -0.25) is 18.1 Å². The quantitative estimate of drug-likeness (QED) is 0.0479. The third-order valence-corrected chi connectivity index (χ3v) is 16.3. The number of alkyl halides is 1. The fraction of sp³-hybridized carbons (Fsp3) is 0.636. The van der Waals surface area contributed by atoms with Gasteiger partial charge < -0.3 is 49.3 Å². The largest absolute Gasteiger partial charge is 0.450 e. The summed E-state index contributed by atoms with van der Waals surface area (Å²) in [5.41, 5.74) is 8.12. The molecule has 3 fully saturated rings. The number of methoxy groups -OCH3 is 1. The van der Waals surface area contributed by atoms with Crippen LogP contribution in [0.2, 0.25) is 25.7 Å². The van der Waals surface area contributed by atoms with Crippen LogP contribution in [-0.4, -0.2) is 136 Å². The molecule has 1 amide bonds. The highest BCUT2D eigenvalue weighted by Crippen LogP contribution is 2.59. The minimum absolute atomic E-state index is 0.0317. The number of nitrogen functional groups attached to an aromatic ring is 1. The number of anilines is 2. The van der Waals surface area contributed by atoms with Gasteiger partial charge in [-0.05, 0) is 42.0 Å². The number of amides is 1. The Balaban J connectivity index is 1.01. The lowest BCUT2D eigenvalue weighted by molar-refractivity contribution is -0.0590. The van der Waals surface area contributed by atoms with E-state index in [4.69, 9.17) is 54.6 Å². The molecule has 21 nitrogen and oxygen atoms in total. The fourth-order valence-electron chi connectivity index (χ4n) is 7.44. The molecule has 0 saturated carbocycles. The number of thioether (sulfide) groups is 1. The first kappa shape index (κ1) is 45.0. The summed E-state index contributed by atoms with van der Waals surface area (Å²) in [5, 5.41) is 7.31. The highest BCUT2D eigenvalue weighted by atomic mass is 32.7. The van der Waals surface area contributed by atoms with Crippen LogP contribution in [0.15, 0.2) is 23.9 Å². The number of rotatable bonds is 10. The van der Waals surface area contributed by atoms with Crippen molar-refractivity contribution >= 4 is 97.5 Å². The van der Waals surface area contributed by atoms with E-state index in [9.17, 15) is 14.3 Å². The van der Waals surface area contributed by atoms with Crippen molar-refractivity contribution in [2.24, 2.45) is 0 Å². The van der Waals surface area contributed by atoms with Crippen molar-refractivity contribution in [3.05, 3.63) is 24.4 Å². The molecule has 0 aromatic carbocycles. The van der Waals surface area contributed by atoms with E-state index < -0.39 is 90.0 Å². The number of aromatic nitrogens is 7. The van der Waals surface area contributed by atoms with Crippen molar-refractivity contribution < 1.29 is 55.7 Å². The molecular weight excluding hydrogens is 918 g/mol. The molecule has 2 unspecified atom stereocenters. The molecule has 4 aliphatic rings. The number of hydrogen-bond acceptors (Lipinski definition) is 19. The number of nitrogens with one attached hydrogen (secondary N) is 2. The molecule has 10 atom stereocenters. The van der Waals surface area contributed by atoms with Crippen LogP contribution in [0.1, 0.15) is 24.4 Å². The Kier molecular flexibility index (Phi) is 13.4. The van der Waals surface area contributed by atoms with Gasteiger partial charge in [0.1, 0.15) is 53.0 Å². The van der Waals surface area contributed by atoms with Crippen LogP contribution in [0.4, 0.5) is 21.0 Å². The zero-order chi connectivity index (χ0) is 43.3. The summed E-state index contributed by atoms with van der Waals surface area (Å²) >= 11 is 11.3. The normalized spacial score (nSPS) is 32.1. The van der Waals surface area contributed by atoms with E-state index in [2.05, 4.69) is 67.4 Å². The molecule has 3 saturated heterocycles. The van der Waals surface area contributed by atoms with E-state index in [0.29, 0.717) is 12.3 Å². The van der Waals surface area contributed by atoms with E-state index in [1.54, 1.807) is 22.5 Å². The number of nitrogens with two attached hydrogens (primary N) is 1. The number of carbonyl (C=O) groups is 1. The highest BCUT2D eigenvalue weighted by molar-refractivity contribution is 8.44. The Morgan fingerprint density at radius 3 is 2.67 bits per heavy atom. The maximum Gasteiger partial charge on any atom is 0.407 e. The Morgan fingerprint density at radius 2 is 1.89 bits per heavy atom. The summed E-state index contributed by atoms with van der Waals surface area (Å²) in [7, 11) is 0.0178. The summed E-state index contributed by atoms with van der Waals surface area (Å²) in [5.74, 6) is 1.02. The second-order valence-corrected chi connectivity index (χ2v) is 28.3. The zero-order valence-electron chi connectivity index (χ0n) is 33.5. The van der Waals surface area contributed by atoms with Crippen LogP contribution in [0.3, 0.4) is 0 Å². The summed E-state index contributed by atoms with van der Waals surface area (Å²) < 4.78 is 80.7. The van der Waals surface area contributed by atoms with Gasteiger partial charge in [-0.2, -0.15) is 9.97 Å². The zero-order valence-corrected chi connectivity index (χ0v) is 38.8. The van der Waals surface area contributed by atoms with E-state index in [1.165, 1.54) is 24.3 Å². The number of fused-ring (bicyclic) bond motifs is 4. The Bertz CT molecular complexity index is 2370. The van der Waals surface area contributed by atoms with Crippen LogP contribution in [0, 0.1) is 0 Å². The number of ether oxygens (including phenoxy) is 4. The van der Waals surface area contributed by atoms with Gasteiger partial charge in [0.2, 0.25) is 5.95 Å². The first-order valence-electron chi connectivity index (χ1n) is 19.4.